The molecular formula is C22H23NO4. The van der Waals surface area contributed by atoms with Gasteiger partial charge in [-0.1, -0.05) is 36.4 Å². The van der Waals surface area contributed by atoms with Crippen LogP contribution in [0.4, 0.5) is 5.69 Å². The Hall–Kier alpha value is -3.08. The van der Waals surface area contributed by atoms with Gasteiger partial charge in [-0.3, -0.25) is 9.59 Å². The second-order valence-corrected chi connectivity index (χ2v) is 6.10. The van der Waals surface area contributed by atoms with Crippen LogP contribution >= 0.6 is 0 Å². The molecule has 0 saturated heterocycles. The molecule has 0 fully saturated rings. The minimum atomic E-state index is -0.449. The molecule has 0 aliphatic rings. The lowest BCUT2D eigenvalue weighted by molar-refractivity contribution is 0.287. The number of hydrogen-bond donors (Lipinski definition) is 1. The van der Waals surface area contributed by atoms with E-state index in [1.165, 1.54) is 0 Å². The average Bonchev–Trinajstić information content (AvgIpc) is 2.69. The van der Waals surface area contributed by atoms with Gasteiger partial charge < -0.3 is 14.8 Å². The summed E-state index contributed by atoms with van der Waals surface area (Å²) in [5, 5.41) is 3.12. The number of hydrogen-bond acceptors (Lipinski definition) is 5. The first kappa shape index (κ1) is 18.7. The topological polar surface area (TPSA) is 64.6 Å². The van der Waals surface area contributed by atoms with Crippen LogP contribution in [0, 0.1) is 0 Å². The summed E-state index contributed by atoms with van der Waals surface area (Å²) in [5.74, 6) is 1.45. The highest BCUT2D eigenvalue weighted by atomic mass is 16.5. The number of anilines is 1. The van der Waals surface area contributed by atoms with Gasteiger partial charge in [0.15, 0.2) is 11.5 Å². The van der Waals surface area contributed by atoms with Crippen molar-refractivity contribution < 1.29 is 9.47 Å². The highest BCUT2D eigenvalue weighted by Crippen LogP contribution is 2.29. The third-order valence-electron chi connectivity index (χ3n) is 4.30. The third-order valence-corrected chi connectivity index (χ3v) is 4.30. The Bertz CT molecular complexity index is 972. The summed E-state index contributed by atoms with van der Waals surface area (Å²) >= 11 is 0. The largest absolute Gasteiger partial charge is 0.490 e. The average molecular weight is 365 g/mol. The van der Waals surface area contributed by atoms with E-state index in [0.29, 0.717) is 37.4 Å². The fourth-order valence-corrected chi connectivity index (χ4v) is 3.02. The van der Waals surface area contributed by atoms with Gasteiger partial charge in [0.1, 0.15) is 0 Å². The second kappa shape index (κ2) is 8.54. The van der Waals surface area contributed by atoms with E-state index in [-0.39, 0.29) is 0 Å². The summed E-state index contributed by atoms with van der Waals surface area (Å²) < 4.78 is 11.2. The van der Waals surface area contributed by atoms with Crippen LogP contribution in [0.5, 0.6) is 11.5 Å². The van der Waals surface area contributed by atoms with Crippen molar-refractivity contribution in [3.05, 3.63) is 74.5 Å². The van der Waals surface area contributed by atoms with Gasteiger partial charge in [0.25, 0.3) is 0 Å². The summed E-state index contributed by atoms with van der Waals surface area (Å²) in [5.41, 5.74) is 1.84. The van der Waals surface area contributed by atoms with Crippen molar-refractivity contribution in [3.8, 4) is 22.6 Å². The number of ether oxygens (including phenoxy) is 2. The number of nitrogens with one attached hydrogen (secondary N) is 1. The minimum Gasteiger partial charge on any atom is -0.490 e. The maximum absolute atomic E-state index is 11.9. The molecule has 0 radical (unpaired) electrons. The quantitative estimate of drug-likeness (QED) is 0.589. The van der Waals surface area contributed by atoms with Gasteiger partial charge in [0.05, 0.1) is 24.5 Å². The molecule has 3 rings (SSSR count). The van der Waals surface area contributed by atoms with E-state index >= 15 is 0 Å². The predicted molar refractivity (Wildman–Crippen MR) is 108 cm³/mol. The van der Waals surface area contributed by atoms with Crippen molar-refractivity contribution in [2.45, 2.75) is 20.3 Å². The third kappa shape index (κ3) is 4.03. The zero-order valence-corrected chi connectivity index (χ0v) is 15.6. The van der Waals surface area contributed by atoms with Crippen LogP contribution in [0.1, 0.15) is 19.4 Å². The molecule has 0 heterocycles. The SMILES string of the molecule is CCOc1ccc(CCNc2c(-c3ccccc3)c(=O)c2=O)cc1OCC. The lowest BCUT2D eigenvalue weighted by Gasteiger charge is -2.15. The number of rotatable bonds is 9. The van der Waals surface area contributed by atoms with Crippen LogP contribution < -0.4 is 25.6 Å². The fraction of sp³-hybridized carbons (Fsp3) is 0.273. The molecule has 0 bridgehead atoms. The van der Waals surface area contributed by atoms with E-state index < -0.39 is 10.9 Å². The Kier molecular flexibility index (Phi) is 5.91. The van der Waals surface area contributed by atoms with Crippen molar-refractivity contribution in [2.24, 2.45) is 0 Å². The molecule has 1 N–H and O–H groups in total. The van der Waals surface area contributed by atoms with Crippen LogP contribution in [0.25, 0.3) is 11.1 Å². The van der Waals surface area contributed by atoms with Crippen LogP contribution in [0.15, 0.2) is 58.1 Å². The molecule has 0 spiro atoms. The van der Waals surface area contributed by atoms with E-state index in [1.807, 2.05) is 62.4 Å². The maximum Gasteiger partial charge on any atom is 0.250 e. The molecule has 5 heteroatoms. The van der Waals surface area contributed by atoms with Crippen LogP contribution in [-0.2, 0) is 6.42 Å². The first-order valence-electron chi connectivity index (χ1n) is 9.16. The van der Waals surface area contributed by atoms with Crippen molar-refractivity contribution in [2.75, 3.05) is 25.1 Å². The van der Waals surface area contributed by atoms with Gasteiger partial charge in [0.2, 0.25) is 10.9 Å². The smallest absolute Gasteiger partial charge is 0.250 e. The molecule has 3 aromatic rings. The summed E-state index contributed by atoms with van der Waals surface area (Å²) in [6.07, 6.45) is 0.694. The van der Waals surface area contributed by atoms with Gasteiger partial charge >= 0.3 is 0 Å². The van der Waals surface area contributed by atoms with Gasteiger partial charge in [-0.15, -0.1) is 0 Å². The molecule has 3 aromatic carbocycles. The summed E-state index contributed by atoms with van der Waals surface area (Å²) in [6.45, 7) is 5.55. The zero-order chi connectivity index (χ0) is 19.2. The first-order chi connectivity index (χ1) is 13.2. The molecule has 0 aliphatic carbocycles. The van der Waals surface area contributed by atoms with Crippen molar-refractivity contribution >= 4 is 5.69 Å². The van der Waals surface area contributed by atoms with Gasteiger partial charge in [-0.2, -0.15) is 0 Å². The molecule has 0 amide bonds. The van der Waals surface area contributed by atoms with Crippen LogP contribution in [0.3, 0.4) is 0 Å². The fourth-order valence-electron chi connectivity index (χ4n) is 3.02. The Morgan fingerprint density at radius 3 is 2.26 bits per heavy atom. The Balaban J connectivity index is 1.69. The molecule has 5 nitrogen and oxygen atoms in total. The lowest BCUT2D eigenvalue weighted by Crippen LogP contribution is -2.36. The van der Waals surface area contributed by atoms with Crippen molar-refractivity contribution in [1.29, 1.82) is 0 Å². The lowest BCUT2D eigenvalue weighted by atomic mass is 9.98. The van der Waals surface area contributed by atoms with Crippen LogP contribution in [0.2, 0.25) is 0 Å². The zero-order valence-electron chi connectivity index (χ0n) is 15.6. The van der Waals surface area contributed by atoms with E-state index in [1.54, 1.807) is 0 Å². The predicted octanol–water partition coefficient (Wildman–Crippen LogP) is 3.40. The normalized spacial score (nSPS) is 10.7. The highest BCUT2D eigenvalue weighted by Gasteiger charge is 2.21. The number of benzene rings is 2. The van der Waals surface area contributed by atoms with E-state index in [4.69, 9.17) is 9.47 Å². The van der Waals surface area contributed by atoms with E-state index in [0.717, 1.165) is 22.6 Å². The minimum absolute atomic E-state index is 0.405. The van der Waals surface area contributed by atoms with Gasteiger partial charge in [-0.25, -0.2) is 0 Å². The van der Waals surface area contributed by atoms with Crippen molar-refractivity contribution in [1.82, 2.24) is 0 Å². The monoisotopic (exact) mass is 365 g/mol. The highest BCUT2D eigenvalue weighted by molar-refractivity contribution is 5.81. The van der Waals surface area contributed by atoms with E-state index in [2.05, 4.69) is 5.32 Å². The second-order valence-electron chi connectivity index (χ2n) is 6.10. The molecular weight excluding hydrogens is 342 g/mol. The van der Waals surface area contributed by atoms with Crippen LogP contribution in [-0.4, -0.2) is 19.8 Å². The summed E-state index contributed by atoms with van der Waals surface area (Å²) in [4.78, 5) is 23.9. The standard InChI is InChI=1S/C22H23NO4/c1-3-26-17-11-10-15(14-18(17)27-4-2)12-13-23-20-19(21(24)22(20)25)16-8-6-5-7-9-16/h5-11,14,23H,3-4,12-13H2,1-2H3. The molecule has 27 heavy (non-hydrogen) atoms. The molecule has 0 aliphatic heterocycles. The Morgan fingerprint density at radius 1 is 0.852 bits per heavy atom. The molecule has 0 aromatic heterocycles. The molecule has 0 saturated carbocycles. The van der Waals surface area contributed by atoms with Crippen molar-refractivity contribution in [3.63, 3.8) is 0 Å². The Labute approximate surface area is 158 Å². The first-order valence-corrected chi connectivity index (χ1v) is 9.16. The maximum atomic E-state index is 11.9. The summed E-state index contributed by atoms with van der Waals surface area (Å²) in [6, 6.07) is 15.1. The molecule has 0 unspecified atom stereocenters. The summed E-state index contributed by atoms with van der Waals surface area (Å²) in [7, 11) is 0. The Morgan fingerprint density at radius 2 is 1.56 bits per heavy atom. The van der Waals surface area contributed by atoms with E-state index in [9.17, 15) is 9.59 Å². The van der Waals surface area contributed by atoms with Gasteiger partial charge in [-0.05, 0) is 43.5 Å². The molecule has 140 valence electrons. The molecule has 0 atom stereocenters. The van der Waals surface area contributed by atoms with Gasteiger partial charge in [0, 0.05) is 6.54 Å².